The fourth-order valence-corrected chi connectivity index (χ4v) is 1.65. The molecule has 0 aliphatic heterocycles. The summed E-state index contributed by atoms with van der Waals surface area (Å²) in [4.78, 5) is 0. The third-order valence-electron chi connectivity index (χ3n) is 2.30. The fraction of sp³-hybridized carbons (Fsp3) is 1.00. The Morgan fingerprint density at radius 1 is 1.21 bits per heavy atom. The molecule has 5 heteroatoms. The Morgan fingerprint density at radius 2 is 1.86 bits per heavy atom. The van der Waals surface area contributed by atoms with Crippen LogP contribution in [0.15, 0.2) is 0 Å². The van der Waals surface area contributed by atoms with E-state index in [0.29, 0.717) is 12.6 Å². The van der Waals surface area contributed by atoms with Crippen molar-refractivity contribution < 1.29 is 17.9 Å². The van der Waals surface area contributed by atoms with Crippen LogP contribution >= 0.6 is 0 Å². The molecule has 0 atom stereocenters. The molecule has 0 spiro atoms. The van der Waals surface area contributed by atoms with E-state index in [1.807, 2.05) is 0 Å². The summed E-state index contributed by atoms with van der Waals surface area (Å²) in [6.07, 6.45) is 0.522. The third-order valence-corrected chi connectivity index (χ3v) is 2.30. The molecule has 0 radical (unpaired) electrons. The zero-order valence-corrected chi connectivity index (χ0v) is 8.07. The minimum Gasteiger partial charge on any atom is -0.371 e. The second-order valence-corrected chi connectivity index (χ2v) is 3.60. The average Bonchev–Trinajstić information content (AvgIpc) is 2.54. The first-order chi connectivity index (χ1) is 6.58. The number of hydrogen-bond donors (Lipinski definition) is 1. The van der Waals surface area contributed by atoms with Crippen molar-refractivity contribution >= 4 is 0 Å². The van der Waals surface area contributed by atoms with Gasteiger partial charge in [-0.3, -0.25) is 0 Å². The van der Waals surface area contributed by atoms with Gasteiger partial charge in [0.2, 0.25) is 0 Å². The molecule has 1 fully saturated rings. The summed E-state index contributed by atoms with van der Waals surface area (Å²) in [6.45, 7) is -0.490. The molecule has 1 aliphatic carbocycles. The predicted molar refractivity (Wildman–Crippen MR) is 47.1 cm³/mol. The summed E-state index contributed by atoms with van der Waals surface area (Å²) in [5, 5.41) is 3.18. The highest BCUT2D eigenvalue weighted by molar-refractivity contribution is 4.72. The van der Waals surface area contributed by atoms with Crippen LogP contribution in [0.4, 0.5) is 13.2 Å². The van der Waals surface area contributed by atoms with Gasteiger partial charge in [-0.05, 0) is 12.8 Å². The lowest BCUT2D eigenvalue weighted by atomic mass is 10.2. The van der Waals surface area contributed by atoms with E-state index in [0.717, 1.165) is 12.8 Å². The van der Waals surface area contributed by atoms with Crippen molar-refractivity contribution in [3.05, 3.63) is 0 Å². The van der Waals surface area contributed by atoms with Gasteiger partial charge >= 0.3 is 6.18 Å². The monoisotopic (exact) mass is 211 g/mol. The van der Waals surface area contributed by atoms with Crippen molar-refractivity contribution in [3.8, 4) is 0 Å². The van der Waals surface area contributed by atoms with Crippen LogP contribution in [-0.4, -0.2) is 32.0 Å². The maximum absolute atomic E-state index is 11.6. The van der Waals surface area contributed by atoms with E-state index in [1.54, 1.807) is 0 Å². The summed E-state index contributed by atoms with van der Waals surface area (Å²) in [6, 6.07) is 0.490. The molecule has 0 aromatic rings. The summed E-state index contributed by atoms with van der Waals surface area (Å²) >= 11 is 0. The maximum Gasteiger partial charge on any atom is 0.411 e. The van der Waals surface area contributed by atoms with Gasteiger partial charge in [0.15, 0.2) is 0 Å². The molecular weight excluding hydrogens is 195 g/mol. The van der Waals surface area contributed by atoms with E-state index in [4.69, 9.17) is 0 Å². The number of nitrogens with one attached hydrogen (secondary N) is 1. The number of alkyl halides is 3. The second-order valence-electron chi connectivity index (χ2n) is 3.60. The molecule has 14 heavy (non-hydrogen) atoms. The Morgan fingerprint density at radius 3 is 2.43 bits per heavy atom. The first-order valence-electron chi connectivity index (χ1n) is 4.96. The molecule has 0 bridgehead atoms. The van der Waals surface area contributed by atoms with Crippen molar-refractivity contribution in [2.45, 2.75) is 37.9 Å². The largest absolute Gasteiger partial charge is 0.411 e. The zero-order valence-electron chi connectivity index (χ0n) is 8.07. The normalized spacial score (nSPS) is 19.1. The van der Waals surface area contributed by atoms with Crippen molar-refractivity contribution in [2.24, 2.45) is 0 Å². The summed E-state index contributed by atoms with van der Waals surface area (Å²) < 4.78 is 39.4. The van der Waals surface area contributed by atoms with Gasteiger partial charge in [0.05, 0.1) is 6.61 Å². The molecule has 1 aliphatic rings. The highest BCUT2D eigenvalue weighted by Gasteiger charge is 2.27. The van der Waals surface area contributed by atoms with E-state index >= 15 is 0 Å². The van der Waals surface area contributed by atoms with Crippen LogP contribution in [0, 0.1) is 0 Å². The average molecular weight is 211 g/mol. The molecule has 0 aromatic carbocycles. The number of rotatable bonds is 5. The summed E-state index contributed by atoms with van der Waals surface area (Å²) in [7, 11) is 0. The van der Waals surface area contributed by atoms with Gasteiger partial charge in [0.25, 0.3) is 0 Å². The topological polar surface area (TPSA) is 21.3 Å². The smallest absolute Gasteiger partial charge is 0.371 e. The lowest BCUT2D eigenvalue weighted by molar-refractivity contribution is -0.173. The zero-order chi connectivity index (χ0) is 10.4. The van der Waals surface area contributed by atoms with E-state index in [2.05, 4.69) is 10.1 Å². The van der Waals surface area contributed by atoms with E-state index in [1.165, 1.54) is 12.8 Å². The molecule has 0 saturated heterocycles. The molecule has 2 nitrogen and oxygen atoms in total. The second kappa shape index (κ2) is 5.56. The molecule has 1 rings (SSSR count). The SMILES string of the molecule is FC(F)(F)COCCNC1CCCC1. The standard InChI is InChI=1S/C9H16F3NO/c10-9(11,12)7-14-6-5-13-8-3-1-2-4-8/h8,13H,1-7H2. The third kappa shape index (κ3) is 5.44. The van der Waals surface area contributed by atoms with Crippen molar-refractivity contribution in [3.63, 3.8) is 0 Å². The highest BCUT2D eigenvalue weighted by Crippen LogP contribution is 2.17. The summed E-state index contributed by atoms with van der Waals surface area (Å²) in [5.41, 5.74) is 0. The van der Waals surface area contributed by atoms with Crippen molar-refractivity contribution in [1.82, 2.24) is 5.32 Å². The molecule has 0 amide bonds. The molecule has 0 unspecified atom stereocenters. The number of ether oxygens (including phenoxy) is 1. The molecule has 0 heterocycles. The quantitative estimate of drug-likeness (QED) is 0.703. The Bertz CT molecular complexity index is 155. The first kappa shape index (κ1) is 11.8. The van der Waals surface area contributed by atoms with E-state index in [-0.39, 0.29) is 6.61 Å². The fourth-order valence-electron chi connectivity index (χ4n) is 1.65. The van der Waals surface area contributed by atoms with Crippen LogP contribution in [0.25, 0.3) is 0 Å². The van der Waals surface area contributed by atoms with E-state index in [9.17, 15) is 13.2 Å². The minimum atomic E-state index is -4.20. The molecule has 84 valence electrons. The molecule has 1 saturated carbocycles. The van der Waals surface area contributed by atoms with Crippen LogP contribution in [0.3, 0.4) is 0 Å². The van der Waals surface area contributed by atoms with Crippen LogP contribution in [-0.2, 0) is 4.74 Å². The minimum absolute atomic E-state index is 0.135. The highest BCUT2D eigenvalue weighted by atomic mass is 19.4. The Labute approximate surface area is 81.8 Å². The van der Waals surface area contributed by atoms with Gasteiger partial charge in [0.1, 0.15) is 6.61 Å². The Balaban J connectivity index is 1.89. The predicted octanol–water partition coefficient (Wildman–Crippen LogP) is 2.10. The number of hydrogen-bond acceptors (Lipinski definition) is 2. The molecule has 0 aromatic heterocycles. The van der Waals surface area contributed by atoms with Gasteiger partial charge in [-0.25, -0.2) is 0 Å². The summed E-state index contributed by atoms with van der Waals surface area (Å²) in [5.74, 6) is 0. The maximum atomic E-state index is 11.6. The van der Waals surface area contributed by atoms with Gasteiger partial charge < -0.3 is 10.1 Å². The first-order valence-corrected chi connectivity index (χ1v) is 4.96. The van der Waals surface area contributed by atoms with Crippen LogP contribution in [0.2, 0.25) is 0 Å². The van der Waals surface area contributed by atoms with Gasteiger partial charge in [0, 0.05) is 12.6 Å². The molecular formula is C9H16F3NO. The van der Waals surface area contributed by atoms with Crippen molar-refractivity contribution in [2.75, 3.05) is 19.8 Å². The lowest BCUT2D eigenvalue weighted by Crippen LogP contribution is -2.30. The van der Waals surface area contributed by atoms with Crippen LogP contribution < -0.4 is 5.32 Å². The lowest BCUT2D eigenvalue weighted by Gasteiger charge is -2.12. The Kier molecular flexibility index (Phi) is 4.68. The molecule has 1 N–H and O–H groups in total. The van der Waals surface area contributed by atoms with Crippen LogP contribution in [0.5, 0.6) is 0 Å². The van der Waals surface area contributed by atoms with Gasteiger partial charge in [-0.2, -0.15) is 13.2 Å². The van der Waals surface area contributed by atoms with Gasteiger partial charge in [-0.15, -0.1) is 0 Å². The van der Waals surface area contributed by atoms with Crippen LogP contribution in [0.1, 0.15) is 25.7 Å². The number of halogens is 3. The van der Waals surface area contributed by atoms with Gasteiger partial charge in [-0.1, -0.05) is 12.8 Å². The van der Waals surface area contributed by atoms with Crippen molar-refractivity contribution in [1.29, 1.82) is 0 Å². The Hall–Kier alpha value is -0.290. The van der Waals surface area contributed by atoms with E-state index < -0.39 is 12.8 Å².